The largest absolute Gasteiger partial charge is 0.466 e. The molecule has 0 saturated carbocycles. The summed E-state index contributed by atoms with van der Waals surface area (Å²) < 4.78 is 38.8. The molecule has 8 nitrogen and oxygen atoms in total. The molecule has 9 heteroatoms. The van der Waals surface area contributed by atoms with Gasteiger partial charge in [0.1, 0.15) is 11.7 Å². The maximum atomic E-state index is 12.4. The van der Waals surface area contributed by atoms with Gasteiger partial charge in [0.25, 0.3) is 0 Å². The van der Waals surface area contributed by atoms with E-state index in [1.165, 1.54) is 0 Å². The van der Waals surface area contributed by atoms with Gasteiger partial charge in [-0.25, -0.2) is 0 Å². The van der Waals surface area contributed by atoms with Crippen molar-refractivity contribution in [1.29, 1.82) is 0 Å². The number of hydrogen-bond donors (Lipinski definition) is 1. The van der Waals surface area contributed by atoms with Crippen molar-refractivity contribution in [3.8, 4) is 0 Å². The highest BCUT2D eigenvalue weighted by Crippen LogP contribution is 2.45. The van der Waals surface area contributed by atoms with Crippen LogP contribution in [0.15, 0.2) is 60.7 Å². The van der Waals surface area contributed by atoms with E-state index in [1.807, 2.05) is 48.5 Å². The van der Waals surface area contributed by atoms with E-state index in [0.29, 0.717) is 39.1 Å². The highest BCUT2D eigenvalue weighted by atomic mass is 28.4. The third-order valence-corrected chi connectivity index (χ3v) is 14.1. The second kappa shape index (κ2) is 15.7. The summed E-state index contributed by atoms with van der Waals surface area (Å²) in [7, 11) is -2.27. The maximum absolute atomic E-state index is 12.4. The molecule has 4 rings (SSSR count). The van der Waals surface area contributed by atoms with Gasteiger partial charge in [0.2, 0.25) is 0 Å². The SMILES string of the molecule is CCOC(=O)C[C@@H]1O[C@@H]([C@]2(C)O[C@H](COCc3ccccc3)[C@@H](OCc3ccccc3)C[C@H]2O[Si](C)(C)C(C)(C)C)CC[C@H]1O. The molecule has 45 heavy (non-hydrogen) atoms. The molecule has 0 amide bonds. The summed E-state index contributed by atoms with van der Waals surface area (Å²) >= 11 is 0. The Hall–Kier alpha value is -2.11. The summed E-state index contributed by atoms with van der Waals surface area (Å²) in [5, 5.41) is 10.8. The molecular formula is C36H54O8Si. The van der Waals surface area contributed by atoms with E-state index < -0.39 is 32.2 Å². The number of benzene rings is 2. The lowest BCUT2D eigenvalue weighted by atomic mass is 9.80. The predicted octanol–water partition coefficient (Wildman–Crippen LogP) is 6.59. The molecule has 0 bridgehead atoms. The Balaban J connectivity index is 1.62. The van der Waals surface area contributed by atoms with Crippen LogP contribution in [-0.4, -0.2) is 74.8 Å². The molecule has 2 aliphatic heterocycles. The first-order chi connectivity index (χ1) is 21.3. The van der Waals surface area contributed by atoms with Crippen molar-refractivity contribution < 1.29 is 38.0 Å². The fourth-order valence-corrected chi connectivity index (χ4v) is 7.28. The van der Waals surface area contributed by atoms with Crippen molar-refractivity contribution in [3.05, 3.63) is 71.8 Å². The third kappa shape index (κ3) is 9.47. The van der Waals surface area contributed by atoms with Crippen LogP contribution in [0.4, 0.5) is 0 Å². The number of rotatable bonds is 13. The standard InChI is InChI=1S/C36H54O8Si/c1-8-40-34(38)22-29-28(37)19-20-32(42-29)36(5)33(44-45(6,7)35(2,3)4)21-30(41-24-27-17-13-10-14-18-27)31(43-36)25-39-23-26-15-11-9-12-16-26/h9-18,28-33,37H,8,19-25H2,1-7H3/t28-,29+,30+,31-,32-,33-,36+/m1/s1. The Labute approximate surface area is 270 Å². The molecule has 2 aromatic carbocycles. The van der Waals surface area contributed by atoms with Crippen LogP contribution in [0.25, 0.3) is 0 Å². The van der Waals surface area contributed by atoms with E-state index in [4.69, 9.17) is 28.1 Å². The molecule has 0 radical (unpaired) electrons. The molecule has 2 aliphatic rings. The highest BCUT2D eigenvalue weighted by molar-refractivity contribution is 6.74. The normalized spacial score (nSPS) is 29.3. The zero-order valence-corrected chi connectivity index (χ0v) is 29.2. The van der Waals surface area contributed by atoms with Gasteiger partial charge in [-0.2, -0.15) is 0 Å². The van der Waals surface area contributed by atoms with Crippen molar-refractivity contribution in [2.45, 2.75) is 134 Å². The number of hydrogen-bond acceptors (Lipinski definition) is 8. The van der Waals surface area contributed by atoms with Crippen LogP contribution in [-0.2, 0) is 46.1 Å². The Kier molecular flexibility index (Phi) is 12.4. The van der Waals surface area contributed by atoms with Crippen LogP contribution in [0.1, 0.15) is 71.4 Å². The quantitative estimate of drug-likeness (QED) is 0.193. The molecule has 2 aromatic rings. The van der Waals surface area contributed by atoms with Gasteiger partial charge in [-0.15, -0.1) is 0 Å². The van der Waals surface area contributed by atoms with E-state index in [2.05, 4.69) is 52.9 Å². The van der Waals surface area contributed by atoms with Crippen molar-refractivity contribution in [2.75, 3.05) is 13.2 Å². The highest BCUT2D eigenvalue weighted by Gasteiger charge is 2.56. The molecule has 7 atom stereocenters. The van der Waals surface area contributed by atoms with Crippen LogP contribution in [0, 0.1) is 0 Å². The van der Waals surface area contributed by atoms with Crippen LogP contribution in [0.5, 0.6) is 0 Å². The summed E-state index contributed by atoms with van der Waals surface area (Å²) in [6.45, 7) is 16.5. The fourth-order valence-electron chi connectivity index (χ4n) is 5.88. The van der Waals surface area contributed by atoms with Crippen molar-refractivity contribution in [3.63, 3.8) is 0 Å². The molecule has 2 fully saturated rings. The van der Waals surface area contributed by atoms with E-state index >= 15 is 0 Å². The Morgan fingerprint density at radius 1 is 0.978 bits per heavy atom. The van der Waals surface area contributed by atoms with Gasteiger partial charge in [-0.3, -0.25) is 4.79 Å². The minimum absolute atomic E-state index is 0.0121. The van der Waals surface area contributed by atoms with Crippen LogP contribution in [0.2, 0.25) is 18.1 Å². The first kappa shape index (κ1) is 35.7. The minimum Gasteiger partial charge on any atom is -0.466 e. The second-order valence-corrected chi connectivity index (χ2v) is 18.9. The molecule has 250 valence electrons. The predicted molar refractivity (Wildman–Crippen MR) is 176 cm³/mol. The average molecular weight is 643 g/mol. The summed E-state index contributed by atoms with van der Waals surface area (Å²) in [5.74, 6) is -0.382. The first-order valence-electron chi connectivity index (χ1n) is 16.4. The topological polar surface area (TPSA) is 92.7 Å². The number of aliphatic hydroxyl groups excluding tert-OH is 1. The van der Waals surface area contributed by atoms with Gasteiger partial charge in [0.05, 0.1) is 63.4 Å². The van der Waals surface area contributed by atoms with Crippen LogP contribution in [0.3, 0.4) is 0 Å². The van der Waals surface area contributed by atoms with Crippen molar-refractivity contribution in [2.24, 2.45) is 0 Å². The summed E-state index contributed by atoms with van der Waals surface area (Å²) in [6.07, 6.45) is -1.22. The van der Waals surface area contributed by atoms with Gasteiger partial charge >= 0.3 is 5.97 Å². The van der Waals surface area contributed by atoms with E-state index in [1.54, 1.807) is 6.92 Å². The van der Waals surface area contributed by atoms with Gasteiger partial charge in [-0.1, -0.05) is 81.4 Å². The van der Waals surface area contributed by atoms with Crippen molar-refractivity contribution >= 4 is 14.3 Å². The Morgan fingerprint density at radius 2 is 1.60 bits per heavy atom. The second-order valence-electron chi connectivity index (χ2n) is 14.1. The lowest BCUT2D eigenvalue weighted by Gasteiger charge is -2.55. The first-order valence-corrected chi connectivity index (χ1v) is 19.3. The molecule has 0 spiro atoms. The lowest BCUT2D eigenvalue weighted by Crippen LogP contribution is -2.66. The van der Waals surface area contributed by atoms with Gasteiger partial charge in [-0.05, 0) is 55.9 Å². The Morgan fingerprint density at radius 3 is 2.20 bits per heavy atom. The molecular weight excluding hydrogens is 588 g/mol. The van der Waals surface area contributed by atoms with Gasteiger partial charge in [0, 0.05) is 6.42 Å². The monoisotopic (exact) mass is 642 g/mol. The zero-order chi connectivity index (χ0) is 32.7. The molecule has 0 aliphatic carbocycles. The van der Waals surface area contributed by atoms with Crippen molar-refractivity contribution in [1.82, 2.24) is 0 Å². The smallest absolute Gasteiger partial charge is 0.308 e. The number of esters is 1. The number of aliphatic hydroxyl groups is 1. The number of carbonyl (C=O) groups is 1. The van der Waals surface area contributed by atoms with E-state index in [0.717, 1.165) is 11.1 Å². The number of ether oxygens (including phenoxy) is 5. The minimum atomic E-state index is -2.27. The molecule has 0 unspecified atom stereocenters. The zero-order valence-electron chi connectivity index (χ0n) is 28.2. The molecule has 2 heterocycles. The lowest BCUT2D eigenvalue weighted by molar-refractivity contribution is -0.290. The Bertz CT molecular complexity index is 1190. The summed E-state index contributed by atoms with van der Waals surface area (Å²) in [6, 6.07) is 20.2. The fraction of sp³-hybridized carbons (Fsp3) is 0.639. The molecule has 2 saturated heterocycles. The molecule has 0 aromatic heterocycles. The maximum Gasteiger partial charge on any atom is 0.308 e. The van der Waals surface area contributed by atoms with Gasteiger partial charge < -0.3 is 33.2 Å². The molecule has 1 N–H and O–H groups in total. The summed E-state index contributed by atoms with van der Waals surface area (Å²) in [4.78, 5) is 12.4. The third-order valence-electron chi connectivity index (χ3n) is 9.65. The average Bonchev–Trinajstić information content (AvgIpc) is 2.99. The van der Waals surface area contributed by atoms with E-state index in [9.17, 15) is 9.90 Å². The van der Waals surface area contributed by atoms with E-state index in [-0.39, 0.29) is 42.3 Å². The number of carbonyl (C=O) groups excluding carboxylic acids is 1. The van der Waals surface area contributed by atoms with Crippen LogP contribution < -0.4 is 0 Å². The van der Waals surface area contributed by atoms with Gasteiger partial charge in [0.15, 0.2) is 8.32 Å². The summed E-state index contributed by atoms with van der Waals surface area (Å²) in [5.41, 5.74) is 1.29. The van der Waals surface area contributed by atoms with Crippen LogP contribution >= 0.6 is 0 Å².